The van der Waals surface area contributed by atoms with Crippen LogP contribution < -0.4 is 5.32 Å². The SMILES string of the molecule is CC(=O)N(C)[C@@H]1CCN(C2CCC3(CC2)C(=O)Nc2cccnc23)C1. The zero-order chi connectivity index (χ0) is 17.6. The second-order valence-corrected chi connectivity index (χ2v) is 7.73. The minimum atomic E-state index is -0.428. The smallest absolute Gasteiger partial charge is 0.236 e. The summed E-state index contributed by atoms with van der Waals surface area (Å²) in [6, 6.07) is 4.66. The first kappa shape index (κ1) is 16.5. The lowest BCUT2D eigenvalue weighted by Crippen LogP contribution is -2.46. The number of carbonyl (C=O) groups is 2. The van der Waals surface area contributed by atoms with Crippen LogP contribution >= 0.6 is 0 Å². The molecule has 0 unspecified atom stereocenters. The lowest BCUT2D eigenvalue weighted by Gasteiger charge is -2.39. The summed E-state index contributed by atoms with van der Waals surface area (Å²) < 4.78 is 0. The van der Waals surface area contributed by atoms with Crippen molar-refractivity contribution in [2.24, 2.45) is 0 Å². The van der Waals surface area contributed by atoms with Crippen LogP contribution in [0.4, 0.5) is 5.69 Å². The van der Waals surface area contributed by atoms with Gasteiger partial charge in [-0.25, -0.2) is 0 Å². The number of anilines is 1. The first-order valence-corrected chi connectivity index (χ1v) is 9.26. The van der Waals surface area contributed by atoms with Crippen molar-refractivity contribution in [2.75, 3.05) is 25.5 Å². The van der Waals surface area contributed by atoms with Gasteiger partial charge in [0.15, 0.2) is 0 Å². The van der Waals surface area contributed by atoms with Crippen LogP contribution in [-0.2, 0) is 15.0 Å². The van der Waals surface area contributed by atoms with Crippen molar-refractivity contribution in [1.82, 2.24) is 14.8 Å². The highest BCUT2D eigenvalue weighted by atomic mass is 16.2. The normalized spacial score (nSPS) is 31.8. The average Bonchev–Trinajstić information content (AvgIpc) is 3.20. The Bertz CT molecular complexity index is 696. The highest BCUT2D eigenvalue weighted by Gasteiger charge is 2.50. The molecule has 3 aliphatic rings. The van der Waals surface area contributed by atoms with Crippen LogP contribution in [0.15, 0.2) is 18.3 Å². The van der Waals surface area contributed by atoms with Crippen molar-refractivity contribution in [3.05, 3.63) is 24.0 Å². The third-order valence-electron chi connectivity index (χ3n) is 6.51. The maximum Gasteiger partial charge on any atom is 0.236 e. The first-order chi connectivity index (χ1) is 12.0. The Kier molecular flexibility index (Phi) is 4.02. The Labute approximate surface area is 148 Å². The summed E-state index contributed by atoms with van der Waals surface area (Å²) in [5.74, 6) is 0.259. The fourth-order valence-corrected chi connectivity index (χ4v) is 4.83. The van der Waals surface area contributed by atoms with Gasteiger partial charge in [0.1, 0.15) is 0 Å². The molecule has 1 spiro atoms. The lowest BCUT2D eigenvalue weighted by molar-refractivity contribution is -0.129. The largest absolute Gasteiger partial charge is 0.342 e. The van der Waals surface area contributed by atoms with Gasteiger partial charge in [-0.3, -0.25) is 19.5 Å². The standard InChI is InChI=1S/C19H26N4O2/c1-13(24)22(2)15-7-11-23(12-15)14-5-8-19(9-6-14)17-16(21-18(19)25)4-3-10-20-17/h3-4,10,14-15H,5-9,11-12H2,1-2H3,(H,21,25)/t14?,15-,19?/m1/s1. The number of likely N-dealkylation sites (tertiary alicyclic amines) is 1. The predicted octanol–water partition coefficient (Wildman–Crippen LogP) is 1.77. The molecule has 1 aromatic rings. The van der Waals surface area contributed by atoms with Crippen molar-refractivity contribution in [1.29, 1.82) is 0 Å². The van der Waals surface area contributed by atoms with Gasteiger partial charge in [0.25, 0.3) is 0 Å². The zero-order valence-corrected chi connectivity index (χ0v) is 15.0. The minimum absolute atomic E-state index is 0.121. The van der Waals surface area contributed by atoms with Crippen LogP contribution in [0.5, 0.6) is 0 Å². The van der Waals surface area contributed by atoms with E-state index in [9.17, 15) is 9.59 Å². The quantitative estimate of drug-likeness (QED) is 0.889. The van der Waals surface area contributed by atoms with Crippen molar-refractivity contribution in [2.45, 2.75) is 56.5 Å². The fourth-order valence-electron chi connectivity index (χ4n) is 4.83. The number of likely N-dealkylation sites (N-methyl/N-ethyl adjacent to an activating group) is 1. The van der Waals surface area contributed by atoms with Gasteiger partial charge in [-0.15, -0.1) is 0 Å². The number of fused-ring (bicyclic) bond motifs is 2. The highest BCUT2D eigenvalue weighted by Crippen LogP contribution is 2.47. The summed E-state index contributed by atoms with van der Waals surface area (Å²) in [5, 5.41) is 3.02. The second kappa shape index (κ2) is 6.09. The van der Waals surface area contributed by atoms with Gasteiger partial charge in [0.05, 0.1) is 16.8 Å². The maximum absolute atomic E-state index is 12.6. The summed E-state index contributed by atoms with van der Waals surface area (Å²) in [7, 11) is 1.90. The second-order valence-electron chi connectivity index (χ2n) is 7.73. The van der Waals surface area contributed by atoms with E-state index < -0.39 is 5.41 Å². The average molecular weight is 342 g/mol. The molecule has 2 fully saturated rings. The third kappa shape index (κ3) is 2.63. The maximum atomic E-state index is 12.6. The van der Waals surface area contributed by atoms with E-state index in [1.165, 1.54) is 0 Å². The monoisotopic (exact) mass is 342 g/mol. The van der Waals surface area contributed by atoms with Crippen molar-refractivity contribution >= 4 is 17.5 Å². The van der Waals surface area contributed by atoms with Gasteiger partial charge >= 0.3 is 0 Å². The molecule has 3 heterocycles. The molecule has 2 amide bonds. The molecule has 1 aromatic heterocycles. The molecule has 6 nitrogen and oxygen atoms in total. The lowest BCUT2D eigenvalue weighted by atomic mass is 9.70. The van der Waals surface area contributed by atoms with Crippen molar-refractivity contribution < 1.29 is 9.59 Å². The molecule has 25 heavy (non-hydrogen) atoms. The molecule has 1 aliphatic carbocycles. The van der Waals surface area contributed by atoms with E-state index in [1.54, 1.807) is 13.1 Å². The summed E-state index contributed by atoms with van der Waals surface area (Å²) >= 11 is 0. The molecule has 1 saturated heterocycles. The number of carbonyl (C=O) groups excluding carboxylic acids is 2. The summed E-state index contributed by atoms with van der Waals surface area (Å²) in [6.07, 6.45) is 6.58. The first-order valence-electron chi connectivity index (χ1n) is 9.26. The van der Waals surface area contributed by atoms with Crippen LogP contribution in [0.3, 0.4) is 0 Å². The molecular formula is C19H26N4O2. The molecule has 2 aliphatic heterocycles. The number of hydrogen-bond acceptors (Lipinski definition) is 4. The van der Waals surface area contributed by atoms with E-state index >= 15 is 0 Å². The molecule has 1 N–H and O–H groups in total. The molecular weight excluding hydrogens is 316 g/mol. The number of aromatic nitrogens is 1. The van der Waals surface area contributed by atoms with Gasteiger partial charge in [-0.2, -0.15) is 0 Å². The predicted molar refractivity (Wildman–Crippen MR) is 95.2 cm³/mol. The summed E-state index contributed by atoms with van der Waals surface area (Å²) in [6.45, 7) is 3.63. The molecule has 0 aromatic carbocycles. The molecule has 1 atom stereocenters. The van der Waals surface area contributed by atoms with E-state index in [1.807, 2.05) is 24.1 Å². The Morgan fingerprint density at radius 2 is 2.12 bits per heavy atom. The zero-order valence-electron chi connectivity index (χ0n) is 15.0. The van der Waals surface area contributed by atoms with E-state index in [2.05, 4.69) is 15.2 Å². The molecule has 6 heteroatoms. The Morgan fingerprint density at radius 3 is 2.84 bits per heavy atom. The number of rotatable bonds is 2. The van der Waals surface area contributed by atoms with Gasteiger partial charge in [0.2, 0.25) is 11.8 Å². The molecule has 4 rings (SSSR count). The van der Waals surface area contributed by atoms with Gasteiger partial charge in [-0.1, -0.05) is 0 Å². The van der Waals surface area contributed by atoms with E-state index in [4.69, 9.17) is 0 Å². The molecule has 1 saturated carbocycles. The van der Waals surface area contributed by atoms with E-state index in [0.717, 1.165) is 56.6 Å². The number of amides is 2. The van der Waals surface area contributed by atoms with E-state index in [-0.39, 0.29) is 11.8 Å². The van der Waals surface area contributed by atoms with Crippen LogP contribution in [-0.4, -0.2) is 58.8 Å². The molecule has 0 radical (unpaired) electrons. The van der Waals surface area contributed by atoms with Crippen LogP contribution in [0.25, 0.3) is 0 Å². The number of nitrogens with one attached hydrogen (secondary N) is 1. The third-order valence-corrected chi connectivity index (χ3v) is 6.51. The fraction of sp³-hybridized carbons (Fsp3) is 0.632. The van der Waals surface area contributed by atoms with Crippen molar-refractivity contribution in [3.63, 3.8) is 0 Å². The number of pyridine rings is 1. The van der Waals surface area contributed by atoms with Gasteiger partial charge in [-0.05, 0) is 44.2 Å². The summed E-state index contributed by atoms with van der Waals surface area (Å²) in [4.78, 5) is 33.1. The number of nitrogens with zero attached hydrogens (tertiary/aromatic N) is 3. The van der Waals surface area contributed by atoms with E-state index in [0.29, 0.717) is 12.1 Å². The highest BCUT2D eigenvalue weighted by molar-refractivity contribution is 6.05. The topological polar surface area (TPSA) is 65.5 Å². The summed E-state index contributed by atoms with van der Waals surface area (Å²) in [5.41, 5.74) is 1.40. The van der Waals surface area contributed by atoms with Crippen LogP contribution in [0, 0.1) is 0 Å². The Morgan fingerprint density at radius 1 is 1.36 bits per heavy atom. The Hall–Kier alpha value is -1.95. The minimum Gasteiger partial charge on any atom is -0.342 e. The Balaban J connectivity index is 1.43. The van der Waals surface area contributed by atoms with Crippen LogP contribution in [0.2, 0.25) is 0 Å². The van der Waals surface area contributed by atoms with Gasteiger partial charge < -0.3 is 10.2 Å². The van der Waals surface area contributed by atoms with Gasteiger partial charge in [0, 0.05) is 45.3 Å². The molecule has 134 valence electrons. The van der Waals surface area contributed by atoms with Crippen molar-refractivity contribution in [3.8, 4) is 0 Å². The van der Waals surface area contributed by atoms with Crippen LogP contribution in [0.1, 0.15) is 44.7 Å². The number of hydrogen-bond donors (Lipinski definition) is 1. The molecule has 0 bridgehead atoms.